The minimum Gasteiger partial charge on any atom is -0.481 e. The Morgan fingerprint density at radius 2 is 2.04 bits per heavy atom. The Balaban J connectivity index is 1.63. The van der Waals surface area contributed by atoms with Crippen molar-refractivity contribution in [3.63, 3.8) is 0 Å². The van der Waals surface area contributed by atoms with Crippen LogP contribution in [-0.2, 0) is 4.79 Å². The number of piperidine rings is 2. The van der Waals surface area contributed by atoms with Crippen molar-refractivity contribution in [2.75, 3.05) is 26.7 Å². The van der Waals surface area contributed by atoms with Crippen molar-refractivity contribution in [3.8, 4) is 0 Å². The third kappa shape index (κ3) is 2.43. The highest BCUT2D eigenvalue weighted by Gasteiger charge is 2.52. The van der Waals surface area contributed by atoms with E-state index in [-0.39, 0.29) is 11.9 Å². The molecule has 2 atom stereocenters. The molecular formula is C19H23N3O3. The van der Waals surface area contributed by atoms with Crippen LogP contribution in [-0.4, -0.2) is 64.5 Å². The van der Waals surface area contributed by atoms with E-state index >= 15 is 0 Å². The summed E-state index contributed by atoms with van der Waals surface area (Å²) < 4.78 is 0. The zero-order valence-electron chi connectivity index (χ0n) is 14.4. The number of carbonyl (C=O) groups is 2. The van der Waals surface area contributed by atoms with Gasteiger partial charge in [-0.3, -0.25) is 9.59 Å². The Kier molecular flexibility index (Phi) is 3.80. The van der Waals surface area contributed by atoms with E-state index in [9.17, 15) is 14.7 Å². The third-order valence-corrected chi connectivity index (χ3v) is 6.06. The van der Waals surface area contributed by atoms with Crippen molar-refractivity contribution in [2.45, 2.75) is 25.3 Å². The van der Waals surface area contributed by atoms with Crippen molar-refractivity contribution >= 4 is 22.8 Å². The molecule has 2 aliphatic rings. The molecule has 2 fully saturated rings. The summed E-state index contributed by atoms with van der Waals surface area (Å²) >= 11 is 0. The number of rotatable bonds is 2. The molecule has 4 rings (SSSR count). The van der Waals surface area contributed by atoms with Gasteiger partial charge in [0.25, 0.3) is 5.91 Å². The number of likely N-dealkylation sites (N-methyl/N-ethyl adjacent to an activating group) is 1. The zero-order valence-corrected chi connectivity index (χ0v) is 14.4. The highest BCUT2D eigenvalue weighted by atomic mass is 16.4. The number of hydrogen-bond donors (Lipinski definition) is 2. The maximum atomic E-state index is 13.1. The number of aromatic amines is 1. The van der Waals surface area contributed by atoms with Crippen molar-refractivity contribution in [3.05, 3.63) is 36.0 Å². The Morgan fingerprint density at radius 3 is 2.84 bits per heavy atom. The molecule has 0 radical (unpaired) electrons. The van der Waals surface area contributed by atoms with Crippen molar-refractivity contribution in [2.24, 2.45) is 5.41 Å². The number of hydrogen-bond acceptors (Lipinski definition) is 3. The van der Waals surface area contributed by atoms with Crippen molar-refractivity contribution in [1.82, 2.24) is 14.8 Å². The number of aromatic nitrogens is 1. The van der Waals surface area contributed by atoms with Gasteiger partial charge in [0.05, 0.1) is 11.0 Å². The highest BCUT2D eigenvalue weighted by molar-refractivity contribution is 6.06. The number of nitrogens with zero attached hydrogens (tertiary/aromatic N) is 2. The Hall–Kier alpha value is -2.34. The third-order valence-electron chi connectivity index (χ3n) is 6.06. The average molecular weight is 341 g/mol. The smallest absolute Gasteiger partial charge is 0.311 e. The number of carbonyl (C=O) groups excluding carboxylic acids is 1. The topological polar surface area (TPSA) is 76.6 Å². The van der Waals surface area contributed by atoms with Gasteiger partial charge in [0, 0.05) is 36.2 Å². The minimum atomic E-state index is -0.719. The fourth-order valence-electron chi connectivity index (χ4n) is 4.59. The first-order valence-corrected chi connectivity index (χ1v) is 8.82. The number of fused-ring (bicyclic) bond motifs is 2. The molecule has 2 N–H and O–H groups in total. The largest absolute Gasteiger partial charge is 0.481 e. The molecule has 0 unspecified atom stereocenters. The number of H-pyrrole nitrogens is 1. The van der Waals surface area contributed by atoms with Gasteiger partial charge in [-0.2, -0.15) is 0 Å². The molecule has 25 heavy (non-hydrogen) atoms. The van der Waals surface area contributed by atoms with Crippen molar-refractivity contribution < 1.29 is 14.7 Å². The molecule has 1 aromatic carbocycles. The molecule has 6 heteroatoms. The predicted molar refractivity (Wildman–Crippen MR) is 94.5 cm³/mol. The van der Waals surface area contributed by atoms with Crippen molar-refractivity contribution in [1.29, 1.82) is 0 Å². The number of aliphatic carboxylic acids is 1. The molecule has 0 bridgehead atoms. The standard InChI is InChI=1S/C19H23N3O3/c1-21-9-4-7-19(18(24)25)8-10-22(12-16(19)21)17(23)14-11-20-15-6-3-2-5-13(14)15/h2-3,5-6,11,16,20H,4,7-10,12H2,1H3,(H,24,25)/t16-,19+/m1/s1. The van der Waals surface area contributed by atoms with Gasteiger partial charge < -0.3 is 19.9 Å². The minimum absolute atomic E-state index is 0.0181. The summed E-state index contributed by atoms with van der Waals surface area (Å²) in [6.45, 7) is 1.85. The number of nitrogens with one attached hydrogen (secondary N) is 1. The second-order valence-corrected chi connectivity index (χ2v) is 7.31. The molecular weight excluding hydrogens is 318 g/mol. The molecule has 2 aliphatic heterocycles. The lowest BCUT2D eigenvalue weighted by Crippen LogP contribution is -2.63. The van der Waals surface area contributed by atoms with Crippen LogP contribution in [0, 0.1) is 5.41 Å². The number of likely N-dealkylation sites (tertiary alicyclic amines) is 2. The van der Waals surface area contributed by atoms with Gasteiger partial charge in [-0.25, -0.2) is 0 Å². The van der Waals surface area contributed by atoms with Gasteiger partial charge >= 0.3 is 5.97 Å². The zero-order chi connectivity index (χ0) is 17.6. The number of benzene rings is 1. The van der Waals surface area contributed by atoms with E-state index in [1.165, 1.54) is 0 Å². The summed E-state index contributed by atoms with van der Waals surface area (Å²) in [4.78, 5) is 32.2. The second-order valence-electron chi connectivity index (χ2n) is 7.31. The molecule has 2 aromatic rings. The van der Waals surface area contributed by atoms with Crippen LogP contribution >= 0.6 is 0 Å². The fraction of sp³-hybridized carbons (Fsp3) is 0.474. The van der Waals surface area contributed by atoms with Crippen LogP contribution in [0.1, 0.15) is 29.6 Å². The molecule has 2 saturated heterocycles. The van der Waals surface area contributed by atoms with E-state index < -0.39 is 11.4 Å². The first-order chi connectivity index (χ1) is 12.0. The number of carboxylic acids is 1. The normalized spacial score (nSPS) is 27.2. The quantitative estimate of drug-likeness (QED) is 0.878. The lowest BCUT2D eigenvalue weighted by molar-refractivity contribution is -0.161. The molecule has 1 amide bonds. The SMILES string of the molecule is CN1CCC[C@]2(C(=O)O)CCN(C(=O)c3c[nH]c4ccccc34)C[C@@H]12. The molecule has 132 valence electrons. The Bertz CT molecular complexity index is 830. The molecule has 0 spiro atoms. The molecule has 6 nitrogen and oxygen atoms in total. The first kappa shape index (κ1) is 16.1. The van der Waals surface area contributed by atoms with Gasteiger partial charge in [-0.15, -0.1) is 0 Å². The maximum absolute atomic E-state index is 13.1. The molecule has 0 saturated carbocycles. The lowest BCUT2D eigenvalue weighted by atomic mass is 9.68. The van der Waals surface area contributed by atoms with Gasteiger partial charge in [0.15, 0.2) is 0 Å². The summed E-state index contributed by atoms with van der Waals surface area (Å²) in [7, 11) is 1.97. The van der Waals surface area contributed by atoms with E-state index in [2.05, 4.69) is 9.88 Å². The van der Waals surface area contributed by atoms with Crippen LogP contribution in [0.25, 0.3) is 10.9 Å². The van der Waals surface area contributed by atoms with E-state index in [1.54, 1.807) is 6.20 Å². The lowest BCUT2D eigenvalue weighted by Gasteiger charge is -2.51. The number of para-hydroxylation sites is 1. The van der Waals surface area contributed by atoms with Crippen LogP contribution in [0.5, 0.6) is 0 Å². The highest BCUT2D eigenvalue weighted by Crippen LogP contribution is 2.42. The monoisotopic (exact) mass is 341 g/mol. The van der Waals surface area contributed by atoms with Gasteiger partial charge in [0.1, 0.15) is 0 Å². The number of amides is 1. The van der Waals surface area contributed by atoms with Crippen LogP contribution < -0.4 is 0 Å². The summed E-state index contributed by atoms with van der Waals surface area (Å²) in [5.41, 5.74) is 0.888. The van der Waals surface area contributed by atoms with Crippen LogP contribution in [0.3, 0.4) is 0 Å². The summed E-state index contributed by atoms with van der Waals surface area (Å²) in [6, 6.07) is 7.63. The Labute approximate surface area is 146 Å². The summed E-state index contributed by atoms with van der Waals surface area (Å²) in [6.07, 6.45) is 3.88. The maximum Gasteiger partial charge on any atom is 0.311 e. The van der Waals surface area contributed by atoms with Crippen LogP contribution in [0.15, 0.2) is 30.5 Å². The van der Waals surface area contributed by atoms with Crippen LogP contribution in [0.4, 0.5) is 0 Å². The Morgan fingerprint density at radius 1 is 1.24 bits per heavy atom. The van der Waals surface area contributed by atoms with E-state index in [0.717, 1.165) is 23.9 Å². The van der Waals surface area contributed by atoms with E-state index in [4.69, 9.17) is 0 Å². The van der Waals surface area contributed by atoms with Crippen LogP contribution in [0.2, 0.25) is 0 Å². The molecule has 0 aliphatic carbocycles. The average Bonchev–Trinajstić information content (AvgIpc) is 3.05. The van der Waals surface area contributed by atoms with E-state index in [1.807, 2.05) is 36.2 Å². The summed E-state index contributed by atoms with van der Waals surface area (Å²) in [5, 5.41) is 10.8. The van der Waals surface area contributed by atoms with Gasteiger partial charge in [-0.05, 0) is 38.9 Å². The van der Waals surface area contributed by atoms with E-state index in [0.29, 0.717) is 31.5 Å². The van der Waals surface area contributed by atoms with Gasteiger partial charge in [-0.1, -0.05) is 18.2 Å². The van der Waals surface area contributed by atoms with Gasteiger partial charge in [0.2, 0.25) is 0 Å². The summed E-state index contributed by atoms with van der Waals surface area (Å²) in [5.74, 6) is -0.737. The second kappa shape index (κ2) is 5.88. The first-order valence-electron chi connectivity index (χ1n) is 8.82. The number of carboxylic acid groups (broad SMARTS) is 1. The predicted octanol–water partition coefficient (Wildman–Crippen LogP) is 2.18. The molecule has 1 aromatic heterocycles. The fourth-order valence-corrected chi connectivity index (χ4v) is 4.59. The molecule has 3 heterocycles.